The largest absolute Gasteiger partial charge is 0.481 e. The number of hydrogen-bond donors (Lipinski definition) is 9. The van der Waals surface area contributed by atoms with Crippen molar-refractivity contribution in [3.8, 4) is 0 Å². The molecule has 1 aliphatic rings. The van der Waals surface area contributed by atoms with Crippen LogP contribution in [0.3, 0.4) is 0 Å². The highest BCUT2D eigenvalue weighted by atomic mass is 32.2. The van der Waals surface area contributed by atoms with E-state index in [9.17, 15) is 57.9 Å². The lowest BCUT2D eigenvalue weighted by Crippen LogP contribution is -2.46. The maximum Gasteiger partial charge on any atom is 0.481 e. The van der Waals surface area contributed by atoms with Gasteiger partial charge in [-0.3, -0.25) is 32.5 Å². The average Bonchev–Trinajstić information content (AvgIpc) is 3.81. The van der Waals surface area contributed by atoms with Gasteiger partial charge in [-0.05, 0) is 6.42 Å². The maximum atomic E-state index is 12.7. The van der Waals surface area contributed by atoms with E-state index in [0.29, 0.717) is 12.2 Å². The number of nitrogen functional groups attached to an aromatic ring is 1. The van der Waals surface area contributed by atoms with Gasteiger partial charge in [0.25, 0.3) is 0 Å². The number of nitrogens with one attached hydrogen (secondary N) is 2. The molecule has 2 aromatic rings. The van der Waals surface area contributed by atoms with Gasteiger partial charge in [0, 0.05) is 37.1 Å². The van der Waals surface area contributed by atoms with E-state index >= 15 is 0 Å². The molecule has 2 amide bonds. The number of rotatable bonds is 35. The Morgan fingerprint density at radius 2 is 1.43 bits per heavy atom. The van der Waals surface area contributed by atoms with Gasteiger partial charge in [-0.2, -0.15) is 4.31 Å². The van der Waals surface area contributed by atoms with E-state index in [1.807, 2.05) is 0 Å². The van der Waals surface area contributed by atoms with Gasteiger partial charge in [0.15, 0.2) is 22.8 Å². The molecule has 3 unspecified atom stereocenters. The van der Waals surface area contributed by atoms with Gasteiger partial charge in [-0.15, -0.1) is 0 Å². The third kappa shape index (κ3) is 22.0. The molecule has 0 aromatic carbocycles. The first-order valence-corrected chi connectivity index (χ1v) is 28.1. The van der Waals surface area contributed by atoms with E-state index < -0.39 is 84.6 Å². The molecule has 7 atom stereocenters. The van der Waals surface area contributed by atoms with Crippen molar-refractivity contribution in [1.82, 2.24) is 30.2 Å². The first-order valence-electron chi connectivity index (χ1n) is 22.6. The van der Waals surface area contributed by atoms with Crippen molar-refractivity contribution in [2.75, 3.05) is 37.8 Å². The third-order valence-corrected chi connectivity index (χ3v) is 14.8. The van der Waals surface area contributed by atoms with Crippen molar-refractivity contribution >= 4 is 69.1 Å². The number of amides is 2. The number of aromatic nitrogens is 4. The van der Waals surface area contributed by atoms with Crippen LogP contribution in [-0.2, 0) is 50.7 Å². The van der Waals surface area contributed by atoms with Crippen molar-refractivity contribution < 1.29 is 80.5 Å². The minimum atomic E-state index is -5.57. The predicted molar refractivity (Wildman–Crippen MR) is 247 cm³/mol. The third-order valence-electron chi connectivity index (χ3n) is 10.7. The van der Waals surface area contributed by atoms with Crippen LogP contribution < -0.4 is 16.4 Å². The summed E-state index contributed by atoms with van der Waals surface area (Å²) in [6.07, 6.45) is 12.3. The molecular formula is C39H70N7O17P3S. The number of anilines is 1. The predicted octanol–water partition coefficient (Wildman–Crippen LogP) is 4.93. The summed E-state index contributed by atoms with van der Waals surface area (Å²) in [5.74, 6) is -1.02. The molecule has 10 N–H and O–H groups in total. The molecule has 24 nitrogen and oxygen atoms in total. The van der Waals surface area contributed by atoms with Crippen LogP contribution in [0.15, 0.2) is 12.7 Å². The van der Waals surface area contributed by atoms with Gasteiger partial charge in [0.05, 0.1) is 19.5 Å². The van der Waals surface area contributed by atoms with E-state index in [4.69, 9.17) is 19.5 Å². The molecule has 2 aromatic heterocycles. The summed E-state index contributed by atoms with van der Waals surface area (Å²) in [4.78, 5) is 88.4. The monoisotopic (exact) mass is 1030 g/mol. The molecule has 0 aliphatic carbocycles. The molecule has 1 fully saturated rings. The molecule has 384 valence electrons. The smallest absolute Gasteiger partial charge is 0.386 e. The summed E-state index contributed by atoms with van der Waals surface area (Å²) in [5, 5.41) is 26.7. The molecule has 0 saturated carbocycles. The van der Waals surface area contributed by atoms with E-state index in [2.05, 4.69) is 41.3 Å². The number of thioether (sulfide) groups is 1. The lowest BCUT2D eigenvalue weighted by atomic mass is 9.87. The number of aliphatic hydroxyl groups is 2. The molecule has 0 bridgehead atoms. The van der Waals surface area contributed by atoms with E-state index in [-0.39, 0.29) is 41.6 Å². The summed E-state index contributed by atoms with van der Waals surface area (Å²) in [6, 6.07) is 0. The fraction of sp³-hybridized carbons (Fsp3) is 0.795. The summed E-state index contributed by atoms with van der Waals surface area (Å²) in [7, 11) is -16.4. The Morgan fingerprint density at radius 3 is 2.03 bits per heavy atom. The molecular weight excluding hydrogens is 963 g/mol. The second-order valence-electron chi connectivity index (χ2n) is 17.0. The average molecular weight is 1030 g/mol. The Bertz CT molecular complexity index is 2000. The number of aliphatic hydroxyl groups excluding tert-OH is 2. The number of unbranched alkanes of at least 4 members (excludes halogenated alkanes) is 14. The number of carbonyl (C=O) groups is 3. The van der Waals surface area contributed by atoms with Gasteiger partial charge in [0.2, 0.25) is 11.8 Å². The number of ether oxygens (including phenoxy) is 1. The molecule has 3 heterocycles. The summed E-state index contributed by atoms with van der Waals surface area (Å²) >= 11 is 1.16. The second kappa shape index (κ2) is 29.0. The standard InChI is InChI=1S/C39H70N7O17P3S/c1-4-5-6-7-8-9-10-11-12-13-14-15-16-17-18-19-30(48)67-23-22-41-29(47)20-21-42-37(51)34(50)39(2,3)25-60-66(57,58)63-65(55,56)59-24-28-33(62-64(52,53)54)32(49)38(61-28)46-27-45-31-35(40)43-26-44-36(31)46/h26-28,32-34,38,49-50H,4-25H2,1-3H3,(H,41,47)(H,42,51)(H,55,56)(H,57,58)(H2,40,43,44)(H2,52,53,54)/t28-,32?,33+,34+,38-/m1/s1. The lowest BCUT2D eigenvalue weighted by Gasteiger charge is -2.30. The maximum absolute atomic E-state index is 12.7. The molecule has 28 heteroatoms. The fourth-order valence-corrected chi connectivity index (χ4v) is 10.6. The van der Waals surface area contributed by atoms with Crippen molar-refractivity contribution in [1.29, 1.82) is 0 Å². The number of carbonyl (C=O) groups excluding carboxylic acids is 3. The van der Waals surface area contributed by atoms with Crippen LogP contribution in [0.1, 0.15) is 136 Å². The highest BCUT2D eigenvalue weighted by molar-refractivity contribution is 8.13. The zero-order valence-electron chi connectivity index (χ0n) is 38.4. The van der Waals surface area contributed by atoms with Crippen LogP contribution in [0.2, 0.25) is 0 Å². The minimum Gasteiger partial charge on any atom is -0.386 e. The van der Waals surface area contributed by atoms with Crippen LogP contribution in [0, 0.1) is 5.41 Å². The van der Waals surface area contributed by atoms with Crippen molar-refractivity contribution in [2.45, 2.75) is 161 Å². The Morgan fingerprint density at radius 1 is 0.851 bits per heavy atom. The van der Waals surface area contributed by atoms with E-state index in [0.717, 1.165) is 48.2 Å². The van der Waals surface area contributed by atoms with E-state index in [1.165, 1.54) is 90.9 Å². The molecule has 1 aliphatic heterocycles. The van der Waals surface area contributed by atoms with Gasteiger partial charge in [0.1, 0.15) is 36.3 Å². The number of nitrogens with zero attached hydrogens (tertiary/aromatic N) is 4. The van der Waals surface area contributed by atoms with Crippen LogP contribution in [0.4, 0.5) is 5.82 Å². The number of imidazole rings is 1. The Hall–Kier alpha value is -2.44. The van der Waals surface area contributed by atoms with E-state index in [1.54, 1.807) is 0 Å². The molecule has 67 heavy (non-hydrogen) atoms. The Balaban J connectivity index is 1.30. The Kier molecular flexibility index (Phi) is 25.5. The summed E-state index contributed by atoms with van der Waals surface area (Å²) in [6.45, 7) is 2.82. The van der Waals surface area contributed by atoms with Crippen LogP contribution >= 0.6 is 35.2 Å². The zero-order valence-corrected chi connectivity index (χ0v) is 41.9. The number of nitrogens with two attached hydrogens (primary N) is 1. The normalized spacial score (nSPS) is 20.1. The summed E-state index contributed by atoms with van der Waals surface area (Å²) < 4.78 is 62.4. The van der Waals surface area contributed by atoms with Gasteiger partial charge in [-0.1, -0.05) is 122 Å². The zero-order chi connectivity index (χ0) is 49.7. The fourth-order valence-electron chi connectivity index (χ4n) is 7.01. The molecule has 3 rings (SSSR count). The quantitative estimate of drug-likeness (QED) is 0.0326. The first-order chi connectivity index (χ1) is 31.6. The highest BCUT2D eigenvalue weighted by Crippen LogP contribution is 2.61. The van der Waals surface area contributed by atoms with Gasteiger partial charge in [-0.25, -0.2) is 28.6 Å². The van der Waals surface area contributed by atoms with Crippen molar-refractivity contribution in [3.05, 3.63) is 12.7 Å². The number of phosphoric acid groups is 3. The molecule has 1 saturated heterocycles. The number of fused-ring (bicyclic) bond motifs is 1. The lowest BCUT2D eigenvalue weighted by molar-refractivity contribution is -0.137. The molecule has 0 radical (unpaired) electrons. The SMILES string of the molecule is CCCCCCCCCCCCCCCCCC(=O)SCCNC(=O)CCNC(=O)[C@H](O)C(C)(C)COP(=O)(O)OP(=O)(O)OC[C@H]1O[C@@H](n2cnc3c(N)ncnc32)C(O)[C@H]1OP(=O)(O)O. The second-order valence-corrected chi connectivity index (χ2v) is 22.4. The highest BCUT2D eigenvalue weighted by Gasteiger charge is 2.50. The van der Waals surface area contributed by atoms with Gasteiger partial charge < -0.3 is 50.9 Å². The van der Waals surface area contributed by atoms with Crippen molar-refractivity contribution in [3.63, 3.8) is 0 Å². The minimum absolute atomic E-state index is 0.0340. The van der Waals surface area contributed by atoms with Crippen molar-refractivity contribution in [2.24, 2.45) is 5.41 Å². The first kappa shape index (κ1) is 58.9. The van der Waals surface area contributed by atoms with Crippen LogP contribution in [0.25, 0.3) is 11.2 Å². The van der Waals surface area contributed by atoms with Crippen LogP contribution in [-0.4, -0.2) is 123 Å². The number of hydrogen-bond acceptors (Lipinski definition) is 18. The molecule has 0 spiro atoms. The number of phosphoric ester groups is 3. The topological polar surface area (TPSA) is 364 Å². The van der Waals surface area contributed by atoms with Crippen LogP contribution in [0.5, 0.6) is 0 Å². The Labute approximate surface area is 395 Å². The van der Waals surface area contributed by atoms with Gasteiger partial charge >= 0.3 is 23.5 Å². The summed E-state index contributed by atoms with van der Waals surface area (Å²) in [5.41, 5.74) is 4.29.